The minimum atomic E-state index is -4.56. The molecule has 2 rings (SSSR count). The lowest BCUT2D eigenvalue weighted by Gasteiger charge is -2.07. The zero-order valence-corrected chi connectivity index (χ0v) is 12.9. The molecule has 1 aromatic heterocycles. The number of hydrogen-bond donors (Lipinski definition) is 0. The molecule has 114 valence electrons. The van der Waals surface area contributed by atoms with Crippen molar-refractivity contribution >= 4 is 16.3 Å². The molecule has 1 heterocycles. The summed E-state index contributed by atoms with van der Waals surface area (Å²) in [5.74, 6) is -0.163. The molecule has 0 bridgehead atoms. The molecular formula is C14H9N5O3S. The molecule has 0 spiro atoms. The van der Waals surface area contributed by atoms with E-state index in [1.54, 1.807) is 38.1 Å². The molecular weight excluding hydrogens is 318 g/mol. The second-order valence-electron chi connectivity index (χ2n) is 4.66. The van der Waals surface area contributed by atoms with Crippen LogP contribution in [-0.4, -0.2) is 23.5 Å². The van der Waals surface area contributed by atoms with Crippen LogP contribution in [0.4, 0.5) is 0 Å². The van der Waals surface area contributed by atoms with E-state index in [4.69, 9.17) is 10.5 Å². The van der Waals surface area contributed by atoms with Gasteiger partial charge in [-0.2, -0.15) is 22.9 Å². The molecule has 9 heteroatoms. The van der Waals surface area contributed by atoms with E-state index in [0.29, 0.717) is 9.54 Å². The lowest BCUT2D eigenvalue weighted by atomic mass is 10.1. The van der Waals surface area contributed by atoms with Gasteiger partial charge in [0.2, 0.25) is 0 Å². The monoisotopic (exact) mass is 327 g/mol. The summed E-state index contributed by atoms with van der Waals surface area (Å²) in [4.78, 5) is 14.3. The Kier molecular flexibility index (Phi) is 4.10. The first-order valence-electron chi connectivity index (χ1n) is 6.20. The average Bonchev–Trinajstić information content (AvgIpc) is 2.85. The quantitative estimate of drug-likeness (QED) is 0.618. The van der Waals surface area contributed by atoms with Gasteiger partial charge in [-0.25, -0.2) is 9.78 Å². The van der Waals surface area contributed by atoms with Crippen LogP contribution in [0.25, 0.3) is 11.4 Å². The van der Waals surface area contributed by atoms with E-state index in [1.165, 1.54) is 0 Å². The summed E-state index contributed by atoms with van der Waals surface area (Å²) in [7, 11) is -4.56. The second kappa shape index (κ2) is 5.85. The highest BCUT2D eigenvalue weighted by Gasteiger charge is 2.27. The molecule has 0 aliphatic rings. The van der Waals surface area contributed by atoms with Gasteiger partial charge in [-0.3, -0.25) is 0 Å². The maximum atomic E-state index is 12.1. The first kappa shape index (κ1) is 16.1. The Labute approximate surface area is 132 Å². The highest BCUT2D eigenvalue weighted by atomic mass is 32.2. The first-order chi connectivity index (χ1) is 10.8. The van der Waals surface area contributed by atoms with Crippen molar-refractivity contribution in [3.05, 3.63) is 40.7 Å². The van der Waals surface area contributed by atoms with Gasteiger partial charge in [-0.1, -0.05) is 21.6 Å². The topological polar surface area (TPSA) is 129 Å². The van der Waals surface area contributed by atoms with Crippen LogP contribution in [0.2, 0.25) is 0 Å². The van der Waals surface area contributed by atoms with Crippen molar-refractivity contribution in [2.45, 2.75) is 13.8 Å². The van der Waals surface area contributed by atoms with Gasteiger partial charge in [0.15, 0.2) is 17.2 Å². The van der Waals surface area contributed by atoms with Gasteiger partial charge in [0, 0.05) is 5.56 Å². The van der Waals surface area contributed by atoms with E-state index in [1.807, 2.05) is 6.07 Å². The van der Waals surface area contributed by atoms with Gasteiger partial charge < -0.3 is 0 Å². The number of rotatable bonds is 3. The van der Waals surface area contributed by atoms with Crippen molar-refractivity contribution in [3.63, 3.8) is 0 Å². The zero-order valence-electron chi connectivity index (χ0n) is 12.1. The van der Waals surface area contributed by atoms with Crippen molar-refractivity contribution in [1.82, 2.24) is 8.96 Å². The summed E-state index contributed by atoms with van der Waals surface area (Å²) in [5.41, 5.74) is 1.17. The molecule has 8 nitrogen and oxygen atoms in total. The molecule has 0 unspecified atom stereocenters. The van der Waals surface area contributed by atoms with Gasteiger partial charge in [-0.15, -0.1) is 0 Å². The predicted octanol–water partition coefficient (Wildman–Crippen LogP) is 1.34. The summed E-state index contributed by atoms with van der Waals surface area (Å²) in [6.45, 7) is 3.61. The maximum absolute atomic E-state index is 12.1. The first-order valence-corrected chi connectivity index (χ1v) is 7.60. The number of imidazole rings is 1. The van der Waals surface area contributed by atoms with Crippen LogP contribution in [0.15, 0.2) is 22.6 Å². The molecule has 0 aliphatic heterocycles. The minimum absolute atomic E-state index is 0.163. The van der Waals surface area contributed by atoms with E-state index in [0.717, 1.165) is 17.2 Å². The van der Waals surface area contributed by atoms with Gasteiger partial charge in [0.1, 0.15) is 12.1 Å². The average molecular weight is 327 g/mol. The van der Waals surface area contributed by atoms with Gasteiger partial charge in [-0.05, 0) is 26.0 Å². The second-order valence-corrected chi connectivity index (χ2v) is 6.10. The molecule has 1 aromatic carbocycles. The fourth-order valence-electron chi connectivity index (χ4n) is 2.18. The Morgan fingerprint density at radius 3 is 2.22 bits per heavy atom. The van der Waals surface area contributed by atoms with Crippen LogP contribution < -0.4 is 0 Å². The highest BCUT2D eigenvalue weighted by molar-refractivity contribution is 7.88. The highest BCUT2D eigenvalue weighted by Crippen LogP contribution is 2.26. The van der Waals surface area contributed by atoms with Crippen LogP contribution in [0.1, 0.15) is 22.5 Å². The van der Waals surface area contributed by atoms with Gasteiger partial charge in [0.05, 0.1) is 0 Å². The molecule has 0 fully saturated rings. The summed E-state index contributed by atoms with van der Waals surface area (Å²) in [6.07, 6.45) is 0.933. The fourth-order valence-corrected chi connectivity index (χ4v) is 3.08. The largest absolute Gasteiger partial charge is 0.361 e. The van der Waals surface area contributed by atoms with E-state index >= 15 is 0 Å². The van der Waals surface area contributed by atoms with Crippen molar-refractivity contribution in [3.8, 4) is 23.5 Å². The zero-order chi connectivity index (χ0) is 17.2. The fraction of sp³-hybridized carbons (Fsp3) is 0.143. The van der Waals surface area contributed by atoms with Crippen LogP contribution in [0, 0.1) is 36.5 Å². The van der Waals surface area contributed by atoms with Crippen molar-refractivity contribution in [2.75, 3.05) is 0 Å². The molecule has 0 saturated carbocycles. The van der Waals surface area contributed by atoms with E-state index in [-0.39, 0.29) is 11.5 Å². The summed E-state index contributed by atoms with van der Waals surface area (Å²) in [5, 5.41) is 18.2. The smallest absolute Gasteiger partial charge is 0.215 e. The summed E-state index contributed by atoms with van der Waals surface area (Å²) < 4.78 is 27.5. The predicted molar refractivity (Wildman–Crippen MR) is 79.0 cm³/mol. The Hall–Kier alpha value is -3.26. The van der Waals surface area contributed by atoms with E-state index in [9.17, 15) is 13.2 Å². The summed E-state index contributed by atoms with van der Waals surface area (Å²) in [6, 6.07) is 8.43. The number of nitrogens with zero attached hydrogens (tertiary/aromatic N) is 5. The molecule has 0 radical (unpaired) electrons. The van der Waals surface area contributed by atoms with Crippen LogP contribution >= 0.6 is 0 Å². The number of nitriles is 2. The number of hydrogen-bond acceptors (Lipinski definition) is 6. The Balaban J connectivity index is 2.95. The number of benzene rings is 1. The molecule has 2 aromatic rings. The minimum Gasteiger partial charge on any atom is -0.215 e. The number of aromatic nitrogens is 2. The third kappa shape index (κ3) is 2.87. The van der Waals surface area contributed by atoms with Crippen LogP contribution in [-0.2, 0) is 15.0 Å². The number of carbonyl (C=O) groups excluding carboxylic acids is 1. The van der Waals surface area contributed by atoms with Crippen molar-refractivity contribution < 1.29 is 13.2 Å². The van der Waals surface area contributed by atoms with Gasteiger partial charge >= 0.3 is 10.2 Å². The number of isocyanates is 1. The SMILES string of the molecule is Cc1cc(C)cc(-c2nc(C#N)c(C#N)n2S(=O)(=O)N=C=O)c1. The normalized spacial score (nSPS) is 10.4. The molecule has 23 heavy (non-hydrogen) atoms. The Morgan fingerprint density at radius 2 is 1.74 bits per heavy atom. The third-order valence-corrected chi connectivity index (χ3v) is 4.03. The third-order valence-electron chi connectivity index (χ3n) is 2.91. The molecule has 0 aliphatic carbocycles. The Bertz CT molecular complexity index is 1010. The summed E-state index contributed by atoms with van der Waals surface area (Å²) >= 11 is 0. The molecule has 0 atom stereocenters. The standard InChI is InChI=1S/C14H9N5O3S/c1-9-3-10(2)5-11(4-9)14-18-12(6-15)13(7-16)19(14)23(21,22)17-8-20/h3-5H,1-2H3. The van der Waals surface area contributed by atoms with Crippen molar-refractivity contribution in [2.24, 2.45) is 4.40 Å². The van der Waals surface area contributed by atoms with Gasteiger partial charge in [0.25, 0.3) is 6.08 Å². The van der Waals surface area contributed by atoms with Crippen LogP contribution in [0.5, 0.6) is 0 Å². The molecule has 0 saturated heterocycles. The lowest BCUT2D eigenvalue weighted by Crippen LogP contribution is -2.13. The van der Waals surface area contributed by atoms with Crippen LogP contribution in [0.3, 0.4) is 0 Å². The molecule has 0 amide bonds. The Morgan fingerprint density at radius 1 is 1.13 bits per heavy atom. The lowest BCUT2D eigenvalue weighted by molar-refractivity contribution is 0.562. The molecule has 0 N–H and O–H groups in total. The van der Waals surface area contributed by atoms with E-state index in [2.05, 4.69) is 9.38 Å². The van der Waals surface area contributed by atoms with Crippen molar-refractivity contribution in [1.29, 1.82) is 10.5 Å². The number of aryl methyl sites for hydroxylation is 2. The maximum Gasteiger partial charge on any atom is 0.361 e. The van der Waals surface area contributed by atoms with E-state index < -0.39 is 15.9 Å².